The van der Waals surface area contributed by atoms with Gasteiger partial charge in [0.25, 0.3) is 0 Å². The number of hydrogen-bond acceptors (Lipinski definition) is 3. The summed E-state index contributed by atoms with van der Waals surface area (Å²) >= 11 is 0. The first-order chi connectivity index (χ1) is 9.58. The number of hydrogen-bond donors (Lipinski definition) is 0. The van der Waals surface area contributed by atoms with Crippen LogP contribution in [0.2, 0.25) is 0 Å². The summed E-state index contributed by atoms with van der Waals surface area (Å²) in [6, 6.07) is 6.70. The van der Waals surface area contributed by atoms with Crippen molar-refractivity contribution in [1.29, 1.82) is 5.26 Å². The molecule has 1 saturated heterocycles. The Hall–Kier alpha value is -1.44. The Balaban J connectivity index is 1.88. The third kappa shape index (κ3) is 4.03. The number of nitrogens with zero attached hydrogens (tertiary/aromatic N) is 3. The van der Waals surface area contributed by atoms with Gasteiger partial charge in [-0.2, -0.15) is 5.26 Å². The van der Waals surface area contributed by atoms with E-state index in [0.717, 1.165) is 32.7 Å². The summed E-state index contributed by atoms with van der Waals surface area (Å²) < 4.78 is 13.9. The van der Waals surface area contributed by atoms with Gasteiger partial charge in [-0.1, -0.05) is 19.9 Å². The molecule has 1 aromatic rings. The molecule has 0 aromatic heterocycles. The third-order valence-corrected chi connectivity index (χ3v) is 3.66. The molecule has 4 heteroatoms. The van der Waals surface area contributed by atoms with Crippen molar-refractivity contribution in [2.45, 2.75) is 20.4 Å². The van der Waals surface area contributed by atoms with E-state index in [0.29, 0.717) is 23.6 Å². The molecule has 1 aliphatic heterocycles. The topological polar surface area (TPSA) is 30.3 Å². The molecule has 20 heavy (non-hydrogen) atoms. The Bertz CT molecular complexity index is 485. The molecule has 1 aliphatic rings. The molecule has 0 N–H and O–H groups in total. The Morgan fingerprint density at radius 1 is 1.20 bits per heavy atom. The summed E-state index contributed by atoms with van der Waals surface area (Å²) in [7, 11) is 0. The molecule has 0 amide bonds. The van der Waals surface area contributed by atoms with Crippen LogP contribution in [0.5, 0.6) is 0 Å². The second kappa shape index (κ2) is 6.83. The SMILES string of the molecule is CC(C)CN1CCN(Cc2ccc(C#N)cc2F)CC1. The quantitative estimate of drug-likeness (QED) is 0.845. The summed E-state index contributed by atoms with van der Waals surface area (Å²) in [5.41, 5.74) is 1.06. The zero-order chi connectivity index (χ0) is 14.5. The van der Waals surface area contributed by atoms with Crippen LogP contribution in [0.25, 0.3) is 0 Å². The normalized spacial score (nSPS) is 17.4. The lowest BCUT2D eigenvalue weighted by atomic mass is 10.1. The van der Waals surface area contributed by atoms with Gasteiger partial charge < -0.3 is 4.90 Å². The first-order valence-electron chi connectivity index (χ1n) is 7.21. The predicted molar refractivity (Wildman–Crippen MR) is 77.7 cm³/mol. The second-order valence-corrected chi connectivity index (χ2v) is 5.89. The molecule has 1 fully saturated rings. The summed E-state index contributed by atoms with van der Waals surface area (Å²) in [5, 5.41) is 8.74. The highest BCUT2D eigenvalue weighted by molar-refractivity contribution is 5.32. The van der Waals surface area contributed by atoms with Gasteiger partial charge in [-0.05, 0) is 18.1 Å². The minimum atomic E-state index is -0.270. The zero-order valence-corrected chi connectivity index (χ0v) is 12.3. The Morgan fingerprint density at radius 3 is 2.40 bits per heavy atom. The van der Waals surface area contributed by atoms with Crippen LogP contribution in [0.4, 0.5) is 4.39 Å². The summed E-state index contributed by atoms with van der Waals surface area (Å²) in [6.07, 6.45) is 0. The number of halogens is 1. The predicted octanol–water partition coefficient (Wildman–Crippen LogP) is 2.47. The lowest BCUT2D eigenvalue weighted by Gasteiger charge is -2.35. The third-order valence-electron chi connectivity index (χ3n) is 3.66. The van der Waals surface area contributed by atoms with Crippen LogP contribution in [0, 0.1) is 23.1 Å². The lowest BCUT2D eigenvalue weighted by Crippen LogP contribution is -2.46. The van der Waals surface area contributed by atoms with E-state index >= 15 is 0 Å². The van der Waals surface area contributed by atoms with Crippen LogP contribution < -0.4 is 0 Å². The van der Waals surface area contributed by atoms with E-state index in [-0.39, 0.29) is 5.82 Å². The molecule has 0 bridgehead atoms. The van der Waals surface area contributed by atoms with Gasteiger partial charge in [-0.3, -0.25) is 4.90 Å². The van der Waals surface area contributed by atoms with E-state index in [1.807, 2.05) is 6.07 Å². The summed E-state index contributed by atoms with van der Waals surface area (Å²) in [6.45, 7) is 10.3. The van der Waals surface area contributed by atoms with Gasteiger partial charge in [-0.15, -0.1) is 0 Å². The molecule has 0 unspecified atom stereocenters. The molecule has 1 aromatic carbocycles. The first-order valence-corrected chi connectivity index (χ1v) is 7.21. The largest absolute Gasteiger partial charge is 0.301 e. The van der Waals surface area contributed by atoms with Crippen molar-refractivity contribution < 1.29 is 4.39 Å². The summed E-state index contributed by atoms with van der Waals surface area (Å²) in [4.78, 5) is 4.75. The first kappa shape index (κ1) is 15.0. The van der Waals surface area contributed by atoms with Gasteiger partial charge in [0, 0.05) is 44.8 Å². The van der Waals surface area contributed by atoms with E-state index in [9.17, 15) is 4.39 Å². The number of rotatable bonds is 4. The smallest absolute Gasteiger partial charge is 0.129 e. The lowest BCUT2D eigenvalue weighted by molar-refractivity contribution is 0.116. The molecular weight excluding hydrogens is 253 g/mol. The average Bonchev–Trinajstić information content (AvgIpc) is 2.42. The van der Waals surface area contributed by atoms with E-state index in [1.54, 1.807) is 12.1 Å². The van der Waals surface area contributed by atoms with Gasteiger partial charge in [0.15, 0.2) is 0 Å². The van der Waals surface area contributed by atoms with E-state index in [4.69, 9.17) is 5.26 Å². The Morgan fingerprint density at radius 2 is 1.85 bits per heavy atom. The zero-order valence-electron chi connectivity index (χ0n) is 12.3. The molecule has 0 spiro atoms. The van der Waals surface area contributed by atoms with Crippen LogP contribution in [0.3, 0.4) is 0 Å². The van der Waals surface area contributed by atoms with Crippen molar-refractivity contribution in [3.8, 4) is 6.07 Å². The van der Waals surface area contributed by atoms with E-state index < -0.39 is 0 Å². The summed E-state index contributed by atoms with van der Waals surface area (Å²) in [5.74, 6) is 0.422. The Kier molecular flexibility index (Phi) is 5.11. The fourth-order valence-corrected chi connectivity index (χ4v) is 2.63. The fourth-order valence-electron chi connectivity index (χ4n) is 2.63. The molecule has 0 saturated carbocycles. The standard InChI is InChI=1S/C16H22FN3/c1-13(2)11-19-5-7-20(8-6-19)12-15-4-3-14(10-18)9-16(15)17/h3-4,9,13H,5-8,11-12H2,1-2H3. The van der Waals surface area contributed by atoms with Gasteiger partial charge >= 0.3 is 0 Å². The van der Waals surface area contributed by atoms with Crippen molar-refractivity contribution in [3.05, 3.63) is 35.1 Å². The van der Waals surface area contributed by atoms with E-state index in [1.165, 1.54) is 6.07 Å². The monoisotopic (exact) mass is 275 g/mol. The minimum Gasteiger partial charge on any atom is -0.301 e. The number of piperazine rings is 1. The van der Waals surface area contributed by atoms with Crippen molar-refractivity contribution in [2.24, 2.45) is 5.92 Å². The second-order valence-electron chi connectivity index (χ2n) is 5.89. The number of benzene rings is 1. The van der Waals surface area contributed by atoms with Crippen molar-refractivity contribution >= 4 is 0 Å². The van der Waals surface area contributed by atoms with Gasteiger partial charge in [0.2, 0.25) is 0 Å². The number of nitriles is 1. The average molecular weight is 275 g/mol. The highest BCUT2D eigenvalue weighted by atomic mass is 19.1. The van der Waals surface area contributed by atoms with Crippen LogP contribution in [-0.4, -0.2) is 42.5 Å². The Labute approximate surface area is 120 Å². The van der Waals surface area contributed by atoms with Crippen LogP contribution in [-0.2, 0) is 6.54 Å². The molecule has 0 atom stereocenters. The highest BCUT2D eigenvalue weighted by Crippen LogP contribution is 2.14. The van der Waals surface area contributed by atoms with Crippen LogP contribution in [0.1, 0.15) is 25.0 Å². The van der Waals surface area contributed by atoms with Gasteiger partial charge in [0.05, 0.1) is 11.6 Å². The van der Waals surface area contributed by atoms with Crippen molar-refractivity contribution in [3.63, 3.8) is 0 Å². The molecule has 3 nitrogen and oxygen atoms in total. The highest BCUT2D eigenvalue weighted by Gasteiger charge is 2.18. The molecular formula is C16H22FN3. The maximum absolute atomic E-state index is 13.9. The molecule has 0 radical (unpaired) electrons. The van der Waals surface area contributed by atoms with Crippen molar-refractivity contribution in [1.82, 2.24) is 9.80 Å². The van der Waals surface area contributed by atoms with E-state index in [2.05, 4.69) is 23.6 Å². The van der Waals surface area contributed by atoms with Crippen LogP contribution in [0.15, 0.2) is 18.2 Å². The fraction of sp³-hybridized carbons (Fsp3) is 0.562. The maximum Gasteiger partial charge on any atom is 0.129 e. The molecule has 2 rings (SSSR count). The molecule has 108 valence electrons. The molecule has 1 heterocycles. The maximum atomic E-state index is 13.9. The van der Waals surface area contributed by atoms with Crippen LogP contribution >= 0.6 is 0 Å². The van der Waals surface area contributed by atoms with Crippen molar-refractivity contribution in [2.75, 3.05) is 32.7 Å². The minimum absolute atomic E-state index is 0.270. The van der Waals surface area contributed by atoms with Gasteiger partial charge in [0.1, 0.15) is 5.82 Å². The molecule has 0 aliphatic carbocycles. The van der Waals surface area contributed by atoms with Gasteiger partial charge in [-0.25, -0.2) is 4.39 Å².